The first-order valence-corrected chi connectivity index (χ1v) is 11.4. The molecule has 3 amide bonds. The van der Waals surface area contributed by atoms with Crippen molar-refractivity contribution in [3.63, 3.8) is 0 Å². The molecular weight excluding hydrogens is 388 g/mol. The van der Waals surface area contributed by atoms with Crippen LogP contribution in [0, 0.1) is 0 Å². The molecule has 2 saturated heterocycles. The summed E-state index contributed by atoms with van der Waals surface area (Å²) in [6.07, 6.45) is 8.80. The van der Waals surface area contributed by atoms with Gasteiger partial charge in [-0.1, -0.05) is 24.3 Å². The Hall–Kier alpha value is -2.73. The molecule has 0 atom stereocenters. The van der Waals surface area contributed by atoms with Gasteiger partial charge in [-0.2, -0.15) is 0 Å². The minimum absolute atomic E-state index is 0.00378. The van der Waals surface area contributed by atoms with E-state index in [9.17, 15) is 9.59 Å². The van der Waals surface area contributed by atoms with Crippen molar-refractivity contribution in [1.29, 1.82) is 0 Å². The number of pyridine rings is 1. The number of likely N-dealkylation sites (tertiary alicyclic amines) is 1. The van der Waals surface area contributed by atoms with Gasteiger partial charge >= 0.3 is 6.03 Å². The van der Waals surface area contributed by atoms with Crippen LogP contribution in [0.25, 0.3) is 0 Å². The van der Waals surface area contributed by atoms with Crippen molar-refractivity contribution < 1.29 is 9.59 Å². The predicted molar refractivity (Wildman–Crippen MR) is 119 cm³/mol. The Bertz CT molecular complexity index is 943. The van der Waals surface area contributed by atoms with E-state index in [0.29, 0.717) is 12.6 Å². The van der Waals surface area contributed by atoms with Crippen molar-refractivity contribution in [2.45, 2.75) is 50.1 Å². The highest BCUT2D eigenvalue weighted by Crippen LogP contribution is 2.38. The van der Waals surface area contributed by atoms with Gasteiger partial charge in [0.2, 0.25) is 0 Å². The van der Waals surface area contributed by atoms with Crippen LogP contribution in [0.3, 0.4) is 0 Å². The maximum atomic E-state index is 13.4. The zero-order valence-corrected chi connectivity index (χ0v) is 18.2. The van der Waals surface area contributed by atoms with Crippen LogP contribution in [0.5, 0.6) is 0 Å². The number of aryl methyl sites for hydroxylation is 1. The van der Waals surface area contributed by atoms with Gasteiger partial charge in [0.05, 0.1) is 0 Å². The third-order valence-corrected chi connectivity index (χ3v) is 7.57. The maximum absolute atomic E-state index is 13.4. The number of likely N-dealkylation sites (N-methyl/N-ethyl adjacent to an activating group) is 1. The van der Waals surface area contributed by atoms with Crippen LogP contribution in [0.2, 0.25) is 0 Å². The molecule has 0 unspecified atom stereocenters. The van der Waals surface area contributed by atoms with Crippen LogP contribution in [0.15, 0.2) is 48.8 Å². The number of piperidine rings is 1. The highest BCUT2D eigenvalue weighted by Gasteiger charge is 2.56. The summed E-state index contributed by atoms with van der Waals surface area (Å²) < 4.78 is 0. The quantitative estimate of drug-likeness (QED) is 0.701. The van der Waals surface area contributed by atoms with Crippen molar-refractivity contribution in [2.75, 3.05) is 26.7 Å². The summed E-state index contributed by atoms with van der Waals surface area (Å²) in [6, 6.07) is 13.1. The lowest BCUT2D eigenvalue weighted by Gasteiger charge is -2.43. The summed E-state index contributed by atoms with van der Waals surface area (Å²) in [5.74, 6) is 0.00378. The SMILES string of the molecule is CN1C(=O)N(CCCc2ccncc2)C(=O)C12CCN(C1Cc3ccccc3C1)CC2. The van der Waals surface area contributed by atoms with E-state index >= 15 is 0 Å². The number of benzene rings is 1. The third kappa shape index (κ3) is 3.53. The van der Waals surface area contributed by atoms with Gasteiger partial charge in [0.15, 0.2) is 0 Å². The smallest absolute Gasteiger partial charge is 0.312 e. The molecule has 2 fully saturated rings. The van der Waals surface area contributed by atoms with Crippen molar-refractivity contribution in [3.8, 4) is 0 Å². The van der Waals surface area contributed by atoms with Crippen molar-refractivity contribution >= 4 is 11.9 Å². The van der Waals surface area contributed by atoms with Gasteiger partial charge in [0.1, 0.15) is 5.54 Å². The Labute approximate surface area is 183 Å². The normalized spacial score (nSPS) is 21.3. The largest absolute Gasteiger partial charge is 0.327 e. The average molecular weight is 419 g/mol. The van der Waals surface area contributed by atoms with E-state index in [-0.39, 0.29) is 11.9 Å². The van der Waals surface area contributed by atoms with Crippen LogP contribution in [-0.4, -0.2) is 69.9 Å². The van der Waals surface area contributed by atoms with Crippen molar-refractivity contribution in [2.24, 2.45) is 0 Å². The Kier molecular flexibility index (Phi) is 5.26. The number of fused-ring (bicyclic) bond motifs is 1. The van der Waals surface area contributed by atoms with E-state index in [1.807, 2.05) is 19.2 Å². The molecule has 162 valence electrons. The lowest BCUT2D eigenvalue weighted by molar-refractivity contribution is -0.135. The van der Waals surface area contributed by atoms with E-state index in [4.69, 9.17) is 0 Å². The molecule has 6 nitrogen and oxygen atoms in total. The first kappa shape index (κ1) is 20.2. The zero-order chi connectivity index (χ0) is 21.4. The molecule has 3 aliphatic rings. The number of hydrogen-bond acceptors (Lipinski definition) is 4. The number of aromatic nitrogens is 1. The second kappa shape index (κ2) is 8.08. The number of imide groups is 1. The van der Waals surface area contributed by atoms with Crippen LogP contribution >= 0.6 is 0 Å². The lowest BCUT2D eigenvalue weighted by atomic mass is 9.85. The van der Waals surface area contributed by atoms with Gasteiger partial charge in [0.25, 0.3) is 5.91 Å². The number of nitrogens with zero attached hydrogens (tertiary/aromatic N) is 4. The van der Waals surface area contributed by atoms with Gasteiger partial charge in [-0.25, -0.2) is 4.79 Å². The van der Waals surface area contributed by atoms with Gasteiger partial charge in [-0.05, 0) is 67.3 Å². The standard InChI is InChI=1S/C25H30N4O2/c1-27-24(31)29(14-4-5-19-8-12-26-13-9-19)23(30)25(27)10-15-28(16-11-25)22-17-20-6-2-3-7-21(20)18-22/h2-3,6-9,12-13,22H,4-5,10-11,14-18H2,1H3. The molecule has 1 aromatic carbocycles. The Morgan fingerprint density at radius 3 is 2.29 bits per heavy atom. The minimum Gasteiger partial charge on any atom is -0.312 e. The molecule has 2 aromatic rings. The molecule has 1 spiro atoms. The monoisotopic (exact) mass is 418 g/mol. The van der Waals surface area contributed by atoms with E-state index in [2.05, 4.69) is 34.1 Å². The molecule has 3 heterocycles. The minimum atomic E-state index is -0.657. The van der Waals surface area contributed by atoms with Crippen molar-refractivity contribution in [1.82, 2.24) is 19.7 Å². The lowest BCUT2D eigenvalue weighted by Crippen LogP contribution is -2.57. The summed E-state index contributed by atoms with van der Waals surface area (Å²) in [4.78, 5) is 36.1. The molecule has 1 aliphatic carbocycles. The molecule has 1 aromatic heterocycles. The highest BCUT2D eigenvalue weighted by atomic mass is 16.2. The Morgan fingerprint density at radius 2 is 1.65 bits per heavy atom. The number of urea groups is 1. The third-order valence-electron chi connectivity index (χ3n) is 7.57. The summed E-state index contributed by atoms with van der Waals surface area (Å²) in [5, 5.41) is 0. The number of hydrogen-bond donors (Lipinski definition) is 0. The summed E-state index contributed by atoms with van der Waals surface area (Å²) in [5.41, 5.74) is 3.44. The van der Waals surface area contributed by atoms with Crippen LogP contribution in [-0.2, 0) is 24.1 Å². The number of carbonyl (C=O) groups excluding carboxylic acids is 2. The predicted octanol–water partition coefficient (Wildman–Crippen LogP) is 2.91. The molecule has 0 radical (unpaired) electrons. The van der Waals surface area contributed by atoms with Crippen LogP contribution < -0.4 is 0 Å². The topological polar surface area (TPSA) is 56.8 Å². The summed E-state index contributed by atoms with van der Waals surface area (Å²) in [7, 11) is 1.81. The van der Waals surface area contributed by atoms with Gasteiger partial charge in [-0.3, -0.25) is 19.6 Å². The first-order valence-electron chi connectivity index (χ1n) is 11.4. The number of rotatable bonds is 5. The van der Waals surface area contributed by atoms with Gasteiger partial charge in [0, 0.05) is 45.1 Å². The van der Waals surface area contributed by atoms with E-state index in [1.54, 1.807) is 17.3 Å². The Balaban J connectivity index is 1.20. The van der Waals surface area contributed by atoms with Crippen LogP contribution in [0.1, 0.15) is 36.0 Å². The van der Waals surface area contributed by atoms with Crippen LogP contribution in [0.4, 0.5) is 4.79 Å². The first-order chi connectivity index (χ1) is 15.1. The fourth-order valence-electron chi connectivity index (χ4n) is 5.64. The highest BCUT2D eigenvalue weighted by molar-refractivity contribution is 6.07. The maximum Gasteiger partial charge on any atom is 0.327 e. The fourth-order valence-corrected chi connectivity index (χ4v) is 5.64. The molecule has 6 heteroatoms. The molecule has 31 heavy (non-hydrogen) atoms. The molecule has 0 bridgehead atoms. The molecule has 0 N–H and O–H groups in total. The van der Waals surface area contributed by atoms with E-state index < -0.39 is 5.54 Å². The second-order valence-electron chi connectivity index (χ2n) is 9.16. The summed E-state index contributed by atoms with van der Waals surface area (Å²) >= 11 is 0. The van der Waals surface area contributed by atoms with E-state index in [0.717, 1.165) is 51.6 Å². The second-order valence-corrected chi connectivity index (χ2v) is 9.16. The molecule has 5 rings (SSSR count). The number of amides is 3. The molecule has 0 saturated carbocycles. The average Bonchev–Trinajstić information content (AvgIpc) is 3.31. The molecular formula is C25H30N4O2. The number of carbonyl (C=O) groups is 2. The fraction of sp³-hybridized carbons (Fsp3) is 0.480. The Morgan fingerprint density at radius 1 is 1.00 bits per heavy atom. The zero-order valence-electron chi connectivity index (χ0n) is 18.2. The van der Waals surface area contributed by atoms with Crippen molar-refractivity contribution in [3.05, 3.63) is 65.5 Å². The summed E-state index contributed by atoms with van der Waals surface area (Å²) in [6.45, 7) is 2.22. The van der Waals surface area contributed by atoms with Gasteiger partial charge in [-0.15, -0.1) is 0 Å². The molecule has 2 aliphatic heterocycles. The van der Waals surface area contributed by atoms with Gasteiger partial charge < -0.3 is 4.90 Å². The van der Waals surface area contributed by atoms with E-state index in [1.165, 1.54) is 21.6 Å².